The van der Waals surface area contributed by atoms with E-state index in [0.29, 0.717) is 22.7 Å². The second-order valence-electron chi connectivity index (χ2n) is 5.80. The molecule has 0 saturated carbocycles. The van der Waals surface area contributed by atoms with E-state index >= 15 is 0 Å². The van der Waals surface area contributed by atoms with Crippen LogP contribution in [0.5, 0.6) is 11.5 Å². The molecule has 0 heterocycles. The molecule has 0 aliphatic heterocycles. The van der Waals surface area contributed by atoms with Gasteiger partial charge >= 0.3 is 0 Å². The highest BCUT2D eigenvalue weighted by Gasteiger charge is 2.12. The number of methoxy groups -OCH3 is 1. The predicted molar refractivity (Wildman–Crippen MR) is 102 cm³/mol. The second kappa shape index (κ2) is 9.07. The lowest BCUT2D eigenvalue weighted by Gasteiger charge is -2.10. The minimum absolute atomic E-state index is 0.0383. The van der Waals surface area contributed by atoms with Crippen LogP contribution >= 0.6 is 0 Å². The van der Waals surface area contributed by atoms with Crippen LogP contribution in [-0.2, 0) is 4.79 Å². The first-order valence-corrected chi connectivity index (χ1v) is 8.16. The molecule has 0 aromatic heterocycles. The van der Waals surface area contributed by atoms with Gasteiger partial charge in [0.05, 0.1) is 7.11 Å². The third kappa shape index (κ3) is 5.10. The topological polar surface area (TPSA) is 95.1 Å². The minimum Gasteiger partial charge on any atom is -0.493 e. The van der Waals surface area contributed by atoms with Crippen LogP contribution < -0.4 is 14.8 Å². The summed E-state index contributed by atoms with van der Waals surface area (Å²) in [6.07, 6.45) is 1.47. The molecular weight excluding hydrogens is 342 g/mol. The number of rotatable bonds is 6. The molecule has 0 fully saturated rings. The fraction of sp³-hybridized carbons (Fsp3) is 0.190. The molecule has 6 nitrogen and oxygen atoms in total. The highest BCUT2D eigenvalue weighted by molar-refractivity contribution is 6.10. The number of aryl methyl sites for hydroxylation is 2. The average Bonchev–Trinajstić information content (AvgIpc) is 2.67. The number of anilines is 1. The zero-order chi connectivity index (χ0) is 19.8. The number of nitriles is 2. The number of hydrogen-bond donors (Lipinski definition) is 1. The molecule has 27 heavy (non-hydrogen) atoms. The normalized spacial score (nSPS) is 10.5. The van der Waals surface area contributed by atoms with Crippen molar-refractivity contribution in [1.82, 2.24) is 0 Å². The molecule has 0 bridgehead atoms. The first-order valence-electron chi connectivity index (χ1n) is 8.16. The Balaban J connectivity index is 2.27. The standard InChI is InChI=1S/C21H19N3O3/c1-14-4-5-15(2)18(10-14)24-21(25)17(13-23)11-16-6-7-19(27-9-8-22)20(12-16)26-3/h4-7,10-12H,9H2,1-3H3,(H,24,25)/b17-11+. The van der Waals surface area contributed by atoms with E-state index in [9.17, 15) is 10.1 Å². The molecular formula is C21H19N3O3. The molecule has 0 unspecified atom stereocenters. The molecule has 1 amide bonds. The zero-order valence-corrected chi connectivity index (χ0v) is 15.4. The largest absolute Gasteiger partial charge is 0.493 e. The lowest BCUT2D eigenvalue weighted by Crippen LogP contribution is -2.14. The minimum atomic E-state index is -0.491. The Kier molecular flexibility index (Phi) is 6.57. The summed E-state index contributed by atoms with van der Waals surface area (Å²) in [5.41, 5.74) is 3.15. The van der Waals surface area contributed by atoms with Gasteiger partial charge in [0.2, 0.25) is 0 Å². The van der Waals surface area contributed by atoms with Crippen molar-refractivity contribution in [2.75, 3.05) is 19.0 Å². The van der Waals surface area contributed by atoms with Gasteiger partial charge in [0, 0.05) is 5.69 Å². The summed E-state index contributed by atoms with van der Waals surface area (Å²) in [4.78, 5) is 12.5. The van der Waals surface area contributed by atoms with E-state index in [1.54, 1.807) is 18.2 Å². The number of hydrogen-bond acceptors (Lipinski definition) is 5. The Morgan fingerprint density at radius 1 is 1.15 bits per heavy atom. The summed E-state index contributed by atoms with van der Waals surface area (Å²) >= 11 is 0. The predicted octanol–water partition coefficient (Wildman–Crippen LogP) is 3.76. The van der Waals surface area contributed by atoms with Crippen molar-refractivity contribution in [2.45, 2.75) is 13.8 Å². The van der Waals surface area contributed by atoms with E-state index in [4.69, 9.17) is 14.7 Å². The van der Waals surface area contributed by atoms with E-state index in [1.165, 1.54) is 13.2 Å². The van der Waals surface area contributed by atoms with E-state index in [-0.39, 0.29) is 12.2 Å². The highest BCUT2D eigenvalue weighted by atomic mass is 16.5. The molecule has 2 aromatic rings. The fourth-order valence-corrected chi connectivity index (χ4v) is 2.38. The van der Waals surface area contributed by atoms with Crippen LogP contribution in [0.2, 0.25) is 0 Å². The maximum atomic E-state index is 12.5. The van der Waals surface area contributed by atoms with Crippen molar-refractivity contribution < 1.29 is 14.3 Å². The van der Waals surface area contributed by atoms with E-state index < -0.39 is 5.91 Å². The van der Waals surface area contributed by atoms with Gasteiger partial charge in [-0.2, -0.15) is 10.5 Å². The molecule has 6 heteroatoms. The van der Waals surface area contributed by atoms with Gasteiger partial charge in [-0.3, -0.25) is 4.79 Å². The van der Waals surface area contributed by atoms with Crippen LogP contribution in [-0.4, -0.2) is 19.6 Å². The van der Waals surface area contributed by atoms with Crippen molar-refractivity contribution in [2.24, 2.45) is 0 Å². The lowest BCUT2D eigenvalue weighted by atomic mass is 10.1. The molecule has 1 N–H and O–H groups in total. The number of benzene rings is 2. The van der Waals surface area contributed by atoms with Crippen molar-refractivity contribution in [3.05, 3.63) is 58.7 Å². The lowest BCUT2D eigenvalue weighted by molar-refractivity contribution is -0.112. The summed E-state index contributed by atoms with van der Waals surface area (Å²) in [6, 6.07) is 14.5. The molecule has 0 aliphatic rings. The molecule has 0 spiro atoms. The van der Waals surface area contributed by atoms with Gasteiger partial charge in [0.1, 0.15) is 17.7 Å². The van der Waals surface area contributed by atoms with Crippen LogP contribution in [0, 0.1) is 36.5 Å². The smallest absolute Gasteiger partial charge is 0.266 e. The SMILES string of the molecule is COc1cc(/C=C(\C#N)C(=O)Nc2cc(C)ccc2C)ccc1OCC#N. The number of nitrogens with zero attached hydrogens (tertiary/aromatic N) is 2. The molecule has 0 saturated heterocycles. The van der Waals surface area contributed by atoms with Gasteiger partial charge in [-0.1, -0.05) is 18.2 Å². The molecule has 0 aliphatic carbocycles. The molecule has 0 radical (unpaired) electrons. The van der Waals surface area contributed by atoms with Gasteiger partial charge in [0.15, 0.2) is 18.1 Å². The maximum absolute atomic E-state index is 12.5. The number of amides is 1. The molecule has 136 valence electrons. The Hall–Kier alpha value is -3.77. The summed E-state index contributed by atoms with van der Waals surface area (Å²) in [5, 5.41) is 20.8. The van der Waals surface area contributed by atoms with Crippen molar-refractivity contribution in [3.8, 4) is 23.6 Å². The van der Waals surface area contributed by atoms with Crippen LogP contribution in [0.3, 0.4) is 0 Å². The third-order valence-corrected chi connectivity index (χ3v) is 3.80. The van der Waals surface area contributed by atoms with Gasteiger partial charge < -0.3 is 14.8 Å². The van der Waals surface area contributed by atoms with Gasteiger partial charge in [-0.15, -0.1) is 0 Å². The number of carbonyl (C=O) groups is 1. The summed E-state index contributed by atoms with van der Waals surface area (Å²) < 4.78 is 10.5. The Morgan fingerprint density at radius 2 is 1.93 bits per heavy atom. The molecule has 2 aromatic carbocycles. The fourth-order valence-electron chi connectivity index (χ4n) is 2.38. The van der Waals surface area contributed by atoms with Crippen molar-refractivity contribution in [1.29, 1.82) is 10.5 Å². The summed E-state index contributed by atoms with van der Waals surface area (Å²) in [5.74, 6) is 0.329. The van der Waals surface area contributed by atoms with E-state index in [0.717, 1.165) is 11.1 Å². The van der Waals surface area contributed by atoms with E-state index in [2.05, 4.69) is 5.32 Å². The summed E-state index contributed by atoms with van der Waals surface area (Å²) in [6.45, 7) is 3.71. The monoisotopic (exact) mass is 361 g/mol. The van der Waals surface area contributed by atoms with E-state index in [1.807, 2.05) is 44.2 Å². The quantitative estimate of drug-likeness (QED) is 0.624. The van der Waals surface area contributed by atoms with Crippen molar-refractivity contribution in [3.63, 3.8) is 0 Å². The summed E-state index contributed by atoms with van der Waals surface area (Å²) in [7, 11) is 1.47. The molecule has 2 rings (SSSR count). The number of ether oxygens (including phenoxy) is 2. The van der Waals surface area contributed by atoms with Crippen LogP contribution in [0.4, 0.5) is 5.69 Å². The number of nitrogens with one attached hydrogen (secondary N) is 1. The first kappa shape index (κ1) is 19.6. The Morgan fingerprint density at radius 3 is 2.59 bits per heavy atom. The van der Waals surface area contributed by atoms with Gasteiger partial charge in [-0.05, 0) is 54.8 Å². The molecule has 0 atom stereocenters. The second-order valence-corrected chi connectivity index (χ2v) is 5.80. The van der Waals surface area contributed by atoms with Crippen LogP contribution in [0.15, 0.2) is 42.0 Å². The van der Waals surface area contributed by atoms with Crippen LogP contribution in [0.25, 0.3) is 6.08 Å². The van der Waals surface area contributed by atoms with Crippen LogP contribution in [0.1, 0.15) is 16.7 Å². The van der Waals surface area contributed by atoms with Gasteiger partial charge in [0.25, 0.3) is 5.91 Å². The first-order chi connectivity index (χ1) is 13.0. The van der Waals surface area contributed by atoms with Gasteiger partial charge in [-0.25, -0.2) is 0 Å². The third-order valence-electron chi connectivity index (χ3n) is 3.80. The number of carbonyl (C=O) groups excluding carboxylic acids is 1. The zero-order valence-electron chi connectivity index (χ0n) is 15.4. The average molecular weight is 361 g/mol. The van der Waals surface area contributed by atoms with Crippen molar-refractivity contribution >= 4 is 17.7 Å². The highest BCUT2D eigenvalue weighted by Crippen LogP contribution is 2.29. The maximum Gasteiger partial charge on any atom is 0.266 e. The Bertz CT molecular complexity index is 966. The Labute approximate surface area is 158 Å².